The Labute approximate surface area is 154 Å². The number of ether oxygens (including phenoxy) is 1. The molecule has 26 heavy (non-hydrogen) atoms. The van der Waals surface area contributed by atoms with Gasteiger partial charge in [-0.05, 0) is 56.5 Å². The van der Waals surface area contributed by atoms with Gasteiger partial charge in [-0.1, -0.05) is 37.3 Å². The fourth-order valence-corrected chi connectivity index (χ4v) is 3.33. The molecule has 3 rings (SSSR count). The standard InChI is InChI=1S/C22H25NO3/c1-5-13-23-19-12-11-17(26-22(3,4)21(24)25)14-18(19)15(2)20(23)16-9-7-6-8-10-16/h6-12,14H,5,13H2,1-4H3,(H,24,25). The summed E-state index contributed by atoms with van der Waals surface area (Å²) in [5.41, 5.74) is 3.44. The number of benzene rings is 2. The van der Waals surface area contributed by atoms with E-state index in [-0.39, 0.29) is 0 Å². The third-order valence-corrected chi connectivity index (χ3v) is 4.67. The quantitative estimate of drug-likeness (QED) is 0.658. The molecule has 0 radical (unpaired) electrons. The molecule has 3 aromatic rings. The molecule has 2 aromatic carbocycles. The number of aliphatic carboxylic acids is 1. The third-order valence-electron chi connectivity index (χ3n) is 4.67. The highest BCUT2D eigenvalue weighted by atomic mass is 16.5. The van der Waals surface area contributed by atoms with Gasteiger partial charge >= 0.3 is 5.97 Å². The fraction of sp³-hybridized carbons (Fsp3) is 0.318. The predicted molar refractivity (Wildman–Crippen MR) is 105 cm³/mol. The number of fused-ring (bicyclic) bond motifs is 1. The van der Waals surface area contributed by atoms with Gasteiger partial charge in [-0.15, -0.1) is 0 Å². The number of nitrogens with zero attached hydrogens (tertiary/aromatic N) is 1. The average Bonchev–Trinajstić information content (AvgIpc) is 2.87. The van der Waals surface area contributed by atoms with E-state index in [0.29, 0.717) is 5.75 Å². The van der Waals surface area contributed by atoms with Crippen molar-refractivity contribution in [2.24, 2.45) is 0 Å². The van der Waals surface area contributed by atoms with Gasteiger partial charge in [-0.25, -0.2) is 4.79 Å². The van der Waals surface area contributed by atoms with Crippen molar-refractivity contribution in [1.29, 1.82) is 0 Å². The number of rotatable bonds is 6. The zero-order valence-corrected chi connectivity index (χ0v) is 15.7. The number of carboxylic acids is 1. The van der Waals surface area contributed by atoms with Crippen LogP contribution in [0.15, 0.2) is 48.5 Å². The van der Waals surface area contributed by atoms with Crippen LogP contribution in [-0.4, -0.2) is 21.2 Å². The van der Waals surface area contributed by atoms with Gasteiger partial charge in [0.1, 0.15) is 5.75 Å². The maximum atomic E-state index is 11.4. The zero-order valence-electron chi connectivity index (χ0n) is 15.7. The third kappa shape index (κ3) is 3.19. The van der Waals surface area contributed by atoms with E-state index in [0.717, 1.165) is 23.9 Å². The Morgan fingerprint density at radius 2 is 1.85 bits per heavy atom. The number of carboxylic acid groups (broad SMARTS) is 1. The lowest BCUT2D eigenvalue weighted by Gasteiger charge is -2.21. The van der Waals surface area contributed by atoms with Crippen LogP contribution in [0.1, 0.15) is 32.8 Å². The molecule has 1 aromatic heterocycles. The molecule has 1 N–H and O–H groups in total. The summed E-state index contributed by atoms with van der Waals surface area (Å²) in [6.45, 7) is 8.33. The maximum Gasteiger partial charge on any atom is 0.347 e. The van der Waals surface area contributed by atoms with Gasteiger partial charge < -0.3 is 14.4 Å². The van der Waals surface area contributed by atoms with Crippen LogP contribution in [0.5, 0.6) is 5.75 Å². The average molecular weight is 351 g/mol. The number of carbonyl (C=O) groups is 1. The minimum Gasteiger partial charge on any atom is -0.478 e. The van der Waals surface area contributed by atoms with Crippen molar-refractivity contribution in [3.05, 3.63) is 54.1 Å². The Balaban J connectivity index is 2.16. The van der Waals surface area contributed by atoms with Crippen molar-refractivity contribution >= 4 is 16.9 Å². The van der Waals surface area contributed by atoms with Crippen LogP contribution in [-0.2, 0) is 11.3 Å². The molecule has 0 saturated carbocycles. The highest BCUT2D eigenvalue weighted by Gasteiger charge is 2.29. The van der Waals surface area contributed by atoms with Crippen LogP contribution in [0.4, 0.5) is 0 Å². The first kappa shape index (κ1) is 18.1. The van der Waals surface area contributed by atoms with E-state index < -0.39 is 11.6 Å². The number of aryl methyl sites for hydroxylation is 2. The lowest BCUT2D eigenvalue weighted by atomic mass is 10.1. The van der Waals surface area contributed by atoms with E-state index in [1.807, 2.05) is 36.4 Å². The van der Waals surface area contributed by atoms with E-state index in [1.165, 1.54) is 16.8 Å². The molecule has 0 fully saturated rings. The SMILES string of the molecule is CCCn1c(-c2ccccc2)c(C)c2cc(OC(C)(C)C(=O)O)ccc21. The molecule has 4 heteroatoms. The van der Waals surface area contributed by atoms with Crippen LogP contribution in [0, 0.1) is 6.92 Å². The molecular formula is C22H25NO3. The number of hydrogen-bond acceptors (Lipinski definition) is 2. The van der Waals surface area contributed by atoms with E-state index in [1.54, 1.807) is 13.8 Å². The van der Waals surface area contributed by atoms with Crippen LogP contribution in [0.2, 0.25) is 0 Å². The minimum atomic E-state index is -1.27. The van der Waals surface area contributed by atoms with Gasteiger partial charge in [-0.2, -0.15) is 0 Å². The summed E-state index contributed by atoms with van der Waals surface area (Å²) >= 11 is 0. The van der Waals surface area contributed by atoms with Gasteiger partial charge in [0.2, 0.25) is 0 Å². The summed E-state index contributed by atoms with van der Waals surface area (Å²) in [5.74, 6) is -0.413. The Kier molecular flexibility index (Phi) is 4.77. The predicted octanol–water partition coefficient (Wildman–Crippen LogP) is 5.27. The number of aromatic nitrogens is 1. The smallest absolute Gasteiger partial charge is 0.347 e. The topological polar surface area (TPSA) is 51.5 Å². The zero-order chi connectivity index (χ0) is 18.9. The first-order chi connectivity index (χ1) is 12.3. The molecule has 1 heterocycles. The molecule has 0 spiro atoms. The first-order valence-electron chi connectivity index (χ1n) is 8.96. The Morgan fingerprint density at radius 3 is 2.46 bits per heavy atom. The van der Waals surface area contributed by atoms with E-state index in [9.17, 15) is 9.90 Å². The summed E-state index contributed by atoms with van der Waals surface area (Å²) in [6, 6.07) is 16.2. The van der Waals surface area contributed by atoms with E-state index in [2.05, 4.69) is 30.5 Å². The van der Waals surface area contributed by atoms with Gasteiger partial charge in [0, 0.05) is 17.4 Å². The van der Waals surface area contributed by atoms with Crippen molar-refractivity contribution < 1.29 is 14.6 Å². The summed E-state index contributed by atoms with van der Waals surface area (Å²) < 4.78 is 8.07. The van der Waals surface area contributed by atoms with Gasteiger partial charge in [0.15, 0.2) is 5.60 Å². The van der Waals surface area contributed by atoms with Gasteiger partial charge in [-0.3, -0.25) is 0 Å². The van der Waals surface area contributed by atoms with Gasteiger partial charge in [0.05, 0.1) is 5.69 Å². The van der Waals surface area contributed by atoms with E-state index >= 15 is 0 Å². The monoisotopic (exact) mass is 351 g/mol. The first-order valence-corrected chi connectivity index (χ1v) is 8.96. The van der Waals surface area contributed by atoms with Crippen LogP contribution >= 0.6 is 0 Å². The van der Waals surface area contributed by atoms with Crippen molar-refractivity contribution in [1.82, 2.24) is 4.57 Å². The molecule has 0 amide bonds. The summed E-state index contributed by atoms with van der Waals surface area (Å²) in [5, 5.41) is 10.4. The second-order valence-corrected chi connectivity index (χ2v) is 7.09. The molecule has 0 aliphatic heterocycles. The van der Waals surface area contributed by atoms with Gasteiger partial charge in [0.25, 0.3) is 0 Å². The Bertz CT molecular complexity index is 939. The van der Waals surface area contributed by atoms with Crippen LogP contribution in [0.3, 0.4) is 0 Å². The molecule has 0 unspecified atom stereocenters. The van der Waals surface area contributed by atoms with Crippen LogP contribution < -0.4 is 4.74 Å². The van der Waals surface area contributed by atoms with Crippen LogP contribution in [0.25, 0.3) is 22.2 Å². The Morgan fingerprint density at radius 1 is 1.15 bits per heavy atom. The lowest BCUT2D eigenvalue weighted by molar-refractivity contribution is -0.152. The Hall–Kier alpha value is -2.75. The van der Waals surface area contributed by atoms with E-state index in [4.69, 9.17) is 4.74 Å². The van der Waals surface area contributed by atoms with Crippen molar-refractivity contribution in [2.75, 3.05) is 0 Å². The molecule has 0 atom stereocenters. The second-order valence-electron chi connectivity index (χ2n) is 7.09. The molecule has 136 valence electrons. The highest BCUT2D eigenvalue weighted by molar-refractivity contribution is 5.92. The maximum absolute atomic E-state index is 11.4. The second kappa shape index (κ2) is 6.87. The normalized spacial score (nSPS) is 11.7. The minimum absolute atomic E-state index is 0.571. The fourth-order valence-electron chi connectivity index (χ4n) is 3.33. The highest BCUT2D eigenvalue weighted by Crippen LogP contribution is 2.36. The number of hydrogen-bond donors (Lipinski definition) is 1. The molecule has 4 nitrogen and oxygen atoms in total. The van der Waals surface area contributed by atoms with Crippen molar-refractivity contribution in [3.8, 4) is 17.0 Å². The molecule has 0 saturated heterocycles. The molecule has 0 aliphatic carbocycles. The van der Waals surface area contributed by atoms with Crippen molar-refractivity contribution in [2.45, 2.75) is 46.3 Å². The summed E-state index contributed by atoms with van der Waals surface area (Å²) in [6.07, 6.45) is 1.04. The largest absolute Gasteiger partial charge is 0.478 e. The lowest BCUT2D eigenvalue weighted by Crippen LogP contribution is -2.37. The molecule has 0 aliphatic rings. The summed E-state index contributed by atoms with van der Waals surface area (Å²) in [4.78, 5) is 11.4. The summed E-state index contributed by atoms with van der Waals surface area (Å²) in [7, 11) is 0. The molecule has 0 bridgehead atoms. The molecular weight excluding hydrogens is 326 g/mol. The van der Waals surface area contributed by atoms with Crippen molar-refractivity contribution in [3.63, 3.8) is 0 Å².